The number of hydrogen-bond acceptors (Lipinski definition) is 5. The number of nitrogens with zero attached hydrogens (tertiary/aromatic N) is 1. The summed E-state index contributed by atoms with van der Waals surface area (Å²) in [6.45, 7) is 2.51. The first-order valence-electron chi connectivity index (χ1n) is 7.90. The number of rotatable bonds is 8. The number of aryl methyl sites for hydroxylation is 1. The second-order valence-corrected chi connectivity index (χ2v) is 5.78. The van der Waals surface area contributed by atoms with Gasteiger partial charge < -0.3 is 19.8 Å². The number of amides is 2. The minimum atomic E-state index is -0.314. The maximum Gasteiger partial charge on any atom is 0.243 e. The largest absolute Gasteiger partial charge is 0.495 e. The summed E-state index contributed by atoms with van der Waals surface area (Å²) >= 11 is 0. The van der Waals surface area contributed by atoms with Gasteiger partial charge in [-0.1, -0.05) is 6.07 Å². The van der Waals surface area contributed by atoms with Gasteiger partial charge >= 0.3 is 0 Å². The third kappa shape index (κ3) is 5.96. The van der Waals surface area contributed by atoms with Crippen molar-refractivity contribution in [3.63, 3.8) is 0 Å². The van der Waals surface area contributed by atoms with Gasteiger partial charge in [0.2, 0.25) is 11.8 Å². The Morgan fingerprint density at radius 3 is 2.72 bits per heavy atom. The molecule has 2 amide bonds. The van der Waals surface area contributed by atoms with E-state index in [1.165, 1.54) is 7.11 Å². The summed E-state index contributed by atoms with van der Waals surface area (Å²) in [4.78, 5) is 25.8. The van der Waals surface area contributed by atoms with Crippen LogP contribution in [0.3, 0.4) is 0 Å². The van der Waals surface area contributed by atoms with Gasteiger partial charge in [0.25, 0.3) is 0 Å². The standard InChI is InChI=1S/C18H23N3O4/c1-13-6-7-16(24-3)15(9-13)20-17(22)10-19-18(23)12-21(2)11-14-5-4-8-25-14/h4-9H,10-12H2,1-3H3,(H,19,23)(H,20,22). The fourth-order valence-corrected chi connectivity index (χ4v) is 2.32. The zero-order chi connectivity index (χ0) is 18.2. The number of benzene rings is 1. The Morgan fingerprint density at radius 1 is 1.24 bits per heavy atom. The van der Waals surface area contributed by atoms with E-state index in [9.17, 15) is 9.59 Å². The van der Waals surface area contributed by atoms with E-state index in [4.69, 9.17) is 9.15 Å². The van der Waals surface area contributed by atoms with Crippen LogP contribution in [0.15, 0.2) is 41.0 Å². The Hall–Kier alpha value is -2.80. The van der Waals surface area contributed by atoms with E-state index in [-0.39, 0.29) is 24.9 Å². The third-order valence-corrected chi connectivity index (χ3v) is 3.49. The van der Waals surface area contributed by atoms with Crippen LogP contribution in [-0.2, 0) is 16.1 Å². The summed E-state index contributed by atoms with van der Waals surface area (Å²) in [7, 11) is 3.34. The van der Waals surface area contributed by atoms with Crippen LogP contribution in [0.1, 0.15) is 11.3 Å². The number of furan rings is 1. The van der Waals surface area contributed by atoms with Crippen LogP contribution >= 0.6 is 0 Å². The molecule has 0 aliphatic heterocycles. The molecular weight excluding hydrogens is 322 g/mol. The number of carbonyl (C=O) groups is 2. The van der Waals surface area contributed by atoms with Crippen LogP contribution in [0.5, 0.6) is 5.75 Å². The molecule has 0 fully saturated rings. The quantitative estimate of drug-likeness (QED) is 0.762. The zero-order valence-electron chi connectivity index (χ0n) is 14.7. The molecule has 0 bridgehead atoms. The maximum atomic E-state index is 12.0. The van der Waals surface area contributed by atoms with Gasteiger partial charge in [0.05, 0.1) is 38.7 Å². The second-order valence-electron chi connectivity index (χ2n) is 5.78. The molecule has 0 radical (unpaired) electrons. The van der Waals surface area contributed by atoms with Gasteiger partial charge in [-0.3, -0.25) is 14.5 Å². The van der Waals surface area contributed by atoms with Crippen LogP contribution in [0, 0.1) is 6.92 Å². The van der Waals surface area contributed by atoms with Crippen LogP contribution in [0.25, 0.3) is 0 Å². The van der Waals surface area contributed by atoms with Crippen LogP contribution < -0.4 is 15.4 Å². The van der Waals surface area contributed by atoms with Gasteiger partial charge in [0, 0.05) is 0 Å². The van der Waals surface area contributed by atoms with Gasteiger partial charge in [-0.15, -0.1) is 0 Å². The highest BCUT2D eigenvalue weighted by atomic mass is 16.5. The SMILES string of the molecule is COc1ccc(C)cc1NC(=O)CNC(=O)CN(C)Cc1ccco1. The van der Waals surface area contributed by atoms with Crippen molar-refractivity contribution in [2.45, 2.75) is 13.5 Å². The smallest absolute Gasteiger partial charge is 0.243 e. The van der Waals surface area contributed by atoms with E-state index in [1.54, 1.807) is 30.3 Å². The predicted molar refractivity (Wildman–Crippen MR) is 94.4 cm³/mol. The average Bonchev–Trinajstić information content (AvgIpc) is 3.06. The zero-order valence-corrected chi connectivity index (χ0v) is 14.7. The molecule has 1 aromatic heterocycles. The van der Waals surface area contributed by atoms with Crippen molar-refractivity contribution in [1.82, 2.24) is 10.2 Å². The van der Waals surface area contributed by atoms with Gasteiger partial charge in [-0.2, -0.15) is 0 Å². The highest BCUT2D eigenvalue weighted by Gasteiger charge is 2.11. The minimum Gasteiger partial charge on any atom is -0.495 e. The summed E-state index contributed by atoms with van der Waals surface area (Å²) in [5, 5.41) is 5.34. The molecule has 1 aromatic carbocycles. The number of ether oxygens (including phenoxy) is 1. The van der Waals surface area contributed by atoms with Gasteiger partial charge in [0.15, 0.2) is 0 Å². The van der Waals surface area contributed by atoms with E-state index < -0.39 is 0 Å². The molecule has 1 heterocycles. The van der Waals surface area contributed by atoms with Crippen LogP contribution in [0.4, 0.5) is 5.69 Å². The lowest BCUT2D eigenvalue weighted by Crippen LogP contribution is -2.39. The first kappa shape index (κ1) is 18.5. The highest BCUT2D eigenvalue weighted by Crippen LogP contribution is 2.24. The Kier molecular flexibility index (Phi) is 6.59. The molecule has 0 saturated heterocycles. The molecule has 7 heteroatoms. The molecule has 2 rings (SSSR count). The maximum absolute atomic E-state index is 12.0. The number of anilines is 1. The number of carbonyl (C=O) groups excluding carboxylic acids is 2. The molecule has 2 aromatic rings. The Morgan fingerprint density at radius 2 is 2.04 bits per heavy atom. The van der Waals surface area contributed by atoms with Gasteiger partial charge in [-0.25, -0.2) is 0 Å². The summed E-state index contributed by atoms with van der Waals surface area (Å²) in [6, 6.07) is 9.14. The number of hydrogen-bond donors (Lipinski definition) is 2. The molecule has 0 aliphatic rings. The monoisotopic (exact) mass is 345 g/mol. The van der Waals surface area contributed by atoms with Crippen molar-refractivity contribution in [2.75, 3.05) is 32.6 Å². The number of nitrogens with one attached hydrogen (secondary N) is 2. The third-order valence-electron chi connectivity index (χ3n) is 3.49. The van der Waals surface area contributed by atoms with Crippen molar-refractivity contribution < 1.29 is 18.7 Å². The highest BCUT2D eigenvalue weighted by molar-refractivity contribution is 5.96. The lowest BCUT2D eigenvalue weighted by atomic mass is 10.2. The Labute approximate surface area is 146 Å². The van der Waals surface area contributed by atoms with Crippen molar-refractivity contribution in [2.24, 2.45) is 0 Å². The van der Waals surface area contributed by atoms with E-state index in [1.807, 2.05) is 25.1 Å². The topological polar surface area (TPSA) is 83.8 Å². The fourth-order valence-electron chi connectivity index (χ4n) is 2.32. The summed E-state index contributed by atoms with van der Waals surface area (Å²) < 4.78 is 10.4. The summed E-state index contributed by atoms with van der Waals surface area (Å²) in [5.41, 5.74) is 1.58. The molecule has 134 valence electrons. The molecular formula is C18H23N3O4. The fraction of sp³-hybridized carbons (Fsp3) is 0.333. The normalized spacial score (nSPS) is 10.6. The number of likely N-dealkylation sites (N-methyl/N-ethyl adjacent to an activating group) is 1. The van der Waals surface area contributed by atoms with Crippen molar-refractivity contribution in [3.8, 4) is 5.75 Å². The number of methoxy groups -OCH3 is 1. The molecule has 25 heavy (non-hydrogen) atoms. The molecule has 0 spiro atoms. The Bertz CT molecular complexity index is 713. The predicted octanol–water partition coefficient (Wildman–Crippen LogP) is 1.78. The Balaban J connectivity index is 1.77. The van der Waals surface area contributed by atoms with E-state index in [0.717, 1.165) is 11.3 Å². The van der Waals surface area contributed by atoms with Crippen molar-refractivity contribution in [3.05, 3.63) is 47.9 Å². The summed E-state index contributed by atoms with van der Waals surface area (Å²) in [5.74, 6) is 0.800. The lowest BCUT2D eigenvalue weighted by molar-refractivity contribution is -0.124. The van der Waals surface area contributed by atoms with E-state index in [2.05, 4.69) is 10.6 Å². The molecule has 0 atom stereocenters. The lowest BCUT2D eigenvalue weighted by Gasteiger charge is -2.15. The van der Waals surface area contributed by atoms with Crippen LogP contribution in [-0.4, -0.2) is 44.0 Å². The second kappa shape index (κ2) is 8.89. The van der Waals surface area contributed by atoms with Crippen molar-refractivity contribution >= 4 is 17.5 Å². The molecule has 0 saturated carbocycles. The van der Waals surface area contributed by atoms with E-state index >= 15 is 0 Å². The van der Waals surface area contributed by atoms with Crippen LogP contribution in [0.2, 0.25) is 0 Å². The van der Waals surface area contributed by atoms with Crippen molar-refractivity contribution in [1.29, 1.82) is 0 Å². The first-order chi connectivity index (χ1) is 12.0. The minimum absolute atomic E-state index is 0.107. The molecule has 0 aliphatic carbocycles. The molecule has 7 nitrogen and oxygen atoms in total. The van der Waals surface area contributed by atoms with E-state index in [0.29, 0.717) is 18.0 Å². The van der Waals surface area contributed by atoms with Gasteiger partial charge in [-0.05, 0) is 43.8 Å². The molecule has 0 unspecified atom stereocenters. The first-order valence-corrected chi connectivity index (χ1v) is 7.90. The summed E-state index contributed by atoms with van der Waals surface area (Å²) in [6.07, 6.45) is 1.59. The van der Waals surface area contributed by atoms with Gasteiger partial charge in [0.1, 0.15) is 11.5 Å². The molecule has 2 N–H and O–H groups in total. The average molecular weight is 345 g/mol.